The highest BCUT2D eigenvalue weighted by Crippen LogP contribution is 2.30. The fraction of sp³-hybridized carbons (Fsp3) is 0.0645. The van der Waals surface area contributed by atoms with Crippen LogP contribution in [0.3, 0.4) is 0 Å². The summed E-state index contributed by atoms with van der Waals surface area (Å²) in [5.41, 5.74) is 1.73. The van der Waals surface area contributed by atoms with Gasteiger partial charge < -0.3 is 9.47 Å². The summed E-state index contributed by atoms with van der Waals surface area (Å²) in [5, 5.41) is 14.2. The monoisotopic (exact) mass is 651 g/mol. The van der Waals surface area contributed by atoms with E-state index in [0.29, 0.717) is 32.7 Å². The maximum atomic E-state index is 13.3. The van der Waals surface area contributed by atoms with Crippen LogP contribution in [0.25, 0.3) is 6.08 Å². The second kappa shape index (κ2) is 13.2. The topological polar surface area (TPSA) is 128 Å². The molecule has 4 amide bonds. The van der Waals surface area contributed by atoms with Crippen LogP contribution in [0.4, 0.5) is 16.2 Å². The van der Waals surface area contributed by atoms with Gasteiger partial charge in [-0.15, -0.1) is 0 Å². The number of nitro benzene ring substituents is 1. The number of ether oxygens (including phenoxy) is 2. The van der Waals surface area contributed by atoms with Crippen molar-refractivity contribution in [3.63, 3.8) is 0 Å². The summed E-state index contributed by atoms with van der Waals surface area (Å²) >= 11 is 18.5. The van der Waals surface area contributed by atoms with Gasteiger partial charge in [0.25, 0.3) is 17.5 Å². The van der Waals surface area contributed by atoms with Crippen molar-refractivity contribution in [1.29, 1.82) is 0 Å². The zero-order valence-electron chi connectivity index (χ0n) is 22.5. The first-order valence-electron chi connectivity index (χ1n) is 12.8. The van der Waals surface area contributed by atoms with Crippen molar-refractivity contribution in [3.8, 4) is 11.5 Å². The lowest BCUT2D eigenvalue weighted by Gasteiger charge is -2.26. The predicted molar refractivity (Wildman–Crippen MR) is 165 cm³/mol. The molecule has 1 N–H and O–H groups in total. The van der Waals surface area contributed by atoms with Crippen molar-refractivity contribution in [2.24, 2.45) is 0 Å². The molecule has 1 heterocycles. The van der Waals surface area contributed by atoms with E-state index in [-0.39, 0.29) is 35.2 Å². The number of hydrogen-bond acceptors (Lipinski definition) is 7. The van der Waals surface area contributed by atoms with Crippen LogP contribution in [0, 0.1) is 10.1 Å². The Balaban J connectivity index is 1.27. The predicted octanol–water partition coefficient (Wildman–Crippen LogP) is 7.38. The van der Waals surface area contributed by atoms with Crippen LogP contribution in [0.15, 0.2) is 90.5 Å². The molecule has 1 saturated heterocycles. The van der Waals surface area contributed by atoms with Gasteiger partial charge in [0.05, 0.1) is 15.6 Å². The van der Waals surface area contributed by atoms with Gasteiger partial charge in [-0.05, 0) is 77.9 Å². The highest BCUT2D eigenvalue weighted by Gasteiger charge is 2.36. The Kier molecular flexibility index (Phi) is 9.15. The molecule has 1 aliphatic rings. The molecular formula is C31H20Cl3N3O7. The number of rotatable bonds is 9. The second-order valence-electron chi connectivity index (χ2n) is 9.38. The molecule has 1 fully saturated rings. The molecule has 0 aromatic heterocycles. The van der Waals surface area contributed by atoms with Gasteiger partial charge in [-0.1, -0.05) is 46.9 Å². The van der Waals surface area contributed by atoms with Gasteiger partial charge in [0, 0.05) is 27.7 Å². The number of carbonyl (C=O) groups excluding carboxylic acids is 3. The number of amides is 4. The Morgan fingerprint density at radius 2 is 1.55 bits per heavy atom. The number of anilines is 1. The Morgan fingerprint density at radius 1 is 0.818 bits per heavy atom. The molecule has 5 rings (SSSR count). The minimum absolute atomic E-state index is 0.0345. The summed E-state index contributed by atoms with van der Waals surface area (Å²) in [6.07, 6.45) is 1.32. The number of urea groups is 1. The van der Waals surface area contributed by atoms with Crippen molar-refractivity contribution < 1.29 is 28.8 Å². The summed E-state index contributed by atoms with van der Waals surface area (Å²) in [6.45, 7) is 0.276. The number of benzene rings is 4. The molecule has 4 aromatic carbocycles. The smallest absolute Gasteiger partial charge is 0.335 e. The summed E-state index contributed by atoms with van der Waals surface area (Å²) in [7, 11) is 0. The first-order chi connectivity index (χ1) is 21.1. The van der Waals surface area contributed by atoms with E-state index in [1.165, 1.54) is 36.4 Å². The summed E-state index contributed by atoms with van der Waals surface area (Å²) < 4.78 is 11.5. The molecule has 0 radical (unpaired) electrons. The van der Waals surface area contributed by atoms with E-state index >= 15 is 0 Å². The van der Waals surface area contributed by atoms with E-state index in [1.54, 1.807) is 54.6 Å². The third-order valence-electron chi connectivity index (χ3n) is 6.41. The van der Waals surface area contributed by atoms with Gasteiger partial charge in [-0.3, -0.25) is 25.0 Å². The average molecular weight is 653 g/mol. The number of carbonyl (C=O) groups is 3. The zero-order chi connectivity index (χ0) is 31.4. The third kappa shape index (κ3) is 7.00. The Morgan fingerprint density at radius 3 is 2.20 bits per heavy atom. The van der Waals surface area contributed by atoms with Crippen LogP contribution in [0.2, 0.25) is 15.1 Å². The summed E-state index contributed by atoms with van der Waals surface area (Å²) in [4.78, 5) is 49.7. The first-order valence-corrected chi connectivity index (χ1v) is 14.0. The Labute approximate surface area is 265 Å². The number of nitro groups is 1. The number of non-ortho nitro benzene ring substituents is 1. The number of nitrogens with one attached hydrogen (secondary N) is 1. The van der Waals surface area contributed by atoms with E-state index < -0.39 is 22.8 Å². The lowest BCUT2D eigenvalue weighted by molar-refractivity contribution is -0.384. The van der Waals surface area contributed by atoms with Crippen LogP contribution in [0.1, 0.15) is 16.7 Å². The zero-order valence-corrected chi connectivity index (χ0v) is 24.7. The van der Waals surface area contributed by atoms with Gasteiger partial charge in [-0.2, -0.15) is 0 Å². The fourth-order valence-corrected chi connectivity index (χ4v) is 4.86. The van der Waals surface area contributed by atoms with Crippen molar-refractivity contribution in [2.75, 3.05) is 4.90 Å². The largest absolute Gasteiger partial charge is 0.489 e. The highest BCUT2D eigenvalue weighted by atomic mass is 35.5. The van der Waals surface area contributed by atoms with E-state index in [4.69, 9.17) is 44.3 Å². The molecule has 44 heavy (non-hydrogen) atoms. The highest BCUT2D eigenvalue weighted by molar-refractivity contribution is 6.39. The SMILES string of the molecule is O=C1NC(=O)N(c2ccc(OCc3ccc(Cl)cc3Cl)cc2)C(=O)/C1=C/c1ccc(OCc2ccc([N+](=O)[O-])cc2)c(Cl)c1. The molecule has 1 aliphatic heterocycles. The van der Waals surface area contributed by atoms with E-state index in [1.807, 2.05) is 0 Å². The van der Waals surface area contributed by atoms with E-state index in [0.717, 1.165) is 10.5 Å². The van der Waals surface area contributed by atoms with Crippen molar-refractivity contribution in [1.82, 2.24) is 5.32 Å². The molecule has 0 atom stereocenters. The Hall–Kier alpha value is -4.90. The molecule has 222 valence electrons. The van der Waals surface area contributed by atoms with Crippen molar-refractivity contribution >= 4 is 70.1 Å². The molecule has 0 spiro atoms. The van der Waals surface area contributed by atoms with Crippen LogP contribution in [0.5, 0.6) is 11.5 Å². The summed E-state index contributed by atoms with van der Waals surface area (Å²) in [5.74, 6) is -0.897. The number of barbiturate groups is 1. The van der Waals surface area contributed by atoms with Crippen LogP contribution >= 0.6 is 34.8 Å². The number of imide groups is 2. The van der Waals surface area contributed by atoms with Crippen molar-refractivity contribution in [3.05, 3.63) is 132 Å². The van der Waals surface area contributed by atoms with Crippen molar-refractivity contribution in [2.45, 2.75) is 13.2 Å². The minimum atomic E-state index is -0.896. The molecule has 10 nitrogen and oxygen atoms in total. The maximum Gasteiger partial charge on any atom is 0.335 e. The molecule has 0 aliphatic carbocycles. The standard InChI is InChI=1S/C31H20Cl3N3O7/c32-21-5-4-20(26(33)15-21)17-43-24-10-8-22(9-11-24)36-30(39)25(29(38)35-31(36)40)13-19-3-12-28(27(34)14-19)44-16-18-1-6-23(7-2-18)37(41)42/h1-15H,16-17H2,(H,35,38,40)/b25-13+. The second-order valence-corrected chi connectivity index (χ2v) is 10.6. The van der Waals surface area contributed by atoms with E-state index in [2.05, 4.69) is 5.32 Å². The van der Waals surface area contributed by atoms with Gasteiger partial charge in [0.15, 0.2) is 0 Å². The number of halogens is 3. The molecular weight excluding hydrogens is 633 g/mol. The first kappa shape index (κ1) is 30.6. The third-order valence-corrected chi connectivity index (χ3v) is 7.30. The lowest BCUT2D eigenvalue weighted by Crippen LogP contribution is -2.54. The normalized spacial score (nSPS) is 14.0. The van der Waals surface area contributed by atoms with Gasteiger partial charge in [0.2, 0.25) is 0 Å². The minimum Gasteiger partial charge on any atom is -0.489 e. The lowest BCUT2D eigenvalue weighted by atomic mass is 10.1. The van der Waals surface area contributed by atoms with Crippen LogP contribution in [-0.2, 0) is 22.8 Å². The molecule has 0 bridgehead atoms. The van der Waals surface area contributed by atoms with E-state index in [9.17, 15) is 24.5 Å². The van der Waals surface area contributed by atoms with Crippen LogP contribution < -0.4 is 19.7 Å². The molecule has 4 aromatic rings. The quantitative estimate of drug-likeness (QED) is 0.0865. The average Bonchev–Trinajstić information content (AvgIpc) is 2.99. The molecule has 0 unspecified atom stereocenters. The Bertz CT molecular complexity index is 1810. The molecule has 13 heteroatoms. The van der Waals surface area contributed by atoms with Gasteiger partial charge in [0.1, 0.15) is 30.3 Å². The van der Waals surface area contributed by atoms with Gasteiger partial charge in [-0.25, -0.2) is 9.69 Å². The summed E-state index contributed by atoms with van der Waals surface area (Å²) in [6, 6.07) is 20.9. The maximum absolute atomic E-state index is 13.3. The van der Waals surface area contributed by atoms with Crippen LogP contribution in [-0.4, -0.2) is 22.8 Å². The molecule has 0 saturated carbocycles. The van der Waals surface area contributed by atoms with Gasteiger partial charge >= 0.3 is 6.03 Å². The number of nitrogens with zero attached hydrogens (tertiary/aromatic N) is 2. The number of hydrogen-bond donors (Lipinski definition) is 1. The fourth-order valence-electron chi connectivity index (χ4n) is 4.15.